The highest BCUT2D eigenvalue weighted by molar-refractivity contribution is 5.22. The molecular weight excluding hydrogens is 238 g/mol. The fourth-order valence-electron chi connectivity index (χ4n) is 2.04. The zero-order valence-electron chi connectivity index (χ0n) is 11.6. The van der Waals surface area contributed by atoms with E-state index < -0.39 is 0 Å². The van der Waals surface area contributed by atoms with Crippen molar-refractivity contribution in [3.63, 3.8) is 0 Å². The molecule has 0 atom stereocenters. The number of imidazole rings is 1. The van der Waals surface area contributed by atoms with E-state index in [1.807, 2.05) is 12.5 Å². The van der Waals surface area contributed by atoms with Crippen molar-refractivity contribution in [2.75, 3.05) is 20.3 Å². The predicted molar refractivity (Wildman–Crippen MR) is 76.1 cm³/mol. The summed E-state index contributed by atoms with van der Waals surface area (Å²) in [6, 6.07) is 8.57. The van der Waals surface area contributed by atoms with E-state index >= 15 is 0 Å². The smallest absolute Gasteiger partial charge is 0.0951 e. The van der Waals surface area contributed by atoms with Crippen molar-refractivity contribution in [2.24, 2.45) is 0 Å². The van der Waals surface area contributed by atoms with E-state index in [9.17, 15) is 0 Å². The van der Waals surface area contributed by atoms with Gasteiger partial charge < -0.3 is 14.6 Å². The normalized spacial score (nSPS) is 10.8. The van der Waals surface area contributed by atoms with Gasteiger partial charge in [0.15, 0.2) is 0 Å². The minimum absolute atomic E-state index is 0.728. The molecule has 2 rings (SSSR count). The second-order valence-corrected chi connectivity index (χ2v) is 4.67. The molecule has 0 spiro atoms. The van der Waals surface area contributed by atoms with Crippen LogP contribution in [0.3, 0.4) is 0 Å². The molecule has 1 N–H and O–H groups in total. The zero-order chi connectivity index (χ0) is 13.5. The first-order chi connectivity index (χ1) is 9.29. The van der Waals surface area contributed by atoms with Gasteiger partial charge in [-0.1, -0.05) is 29.8 Å². The molecule has 0 radical (unpaired) electrons. The summed E-state index contributed by atoms with van der Waals surface area (Å²) in [6.45, 7) is 5.38. The van der Waals surface area contributed by atoms with E-state index in [1.165, 1.54) is 16.8 Å². The lowest BCUT2D eigenvalue weighted by atomic mass is 10.1. The van der Waals surface area contributed by atoms with Gasteiger partial charge in [-0.2, -0.15) is 0 Å². The van der Waals surface area contributed by atoms with Gasteiger partial charge >= 0.3 is 0 Å². The van der Waals surface area contributed by atoms with Crippen LogP contribution in [0.25, 0.3) is 0 Å². The summed E-state index contributed by atoms with van der Waals surface area (Å²) < 4.78 is 7.19. The van der Waals surface area contributed by atoms with E-state index in [0.717, 1.165) is 26.2 Å². The monoisotopic (exact) mass is 259 g/mol. The molecule has 0 saturated carbocycles. The average Bonchev–Trinajstić information content (AvgIpc) is 2.82. The Bertz CT molecular complexity index is 508. The minimum Gasteiger partial charge on any atom is -0.383 e. The maximum atomic E-state index is 5.02. The summed E-state index contributed by atoms with van der Waals surface area (Å²) in [6.07, 6.45) is 3.80. The summed E-state index contributed by atoms with van der Waals surface area (Å²) in [5.74, 6) is 0. The summed E-state index contributed by atoms with van der Waals surface area (Å²) in [5.41, 5.74) is 3.78. The summed E-state index contributed by atoms with van der Waals surface area (Å²) in [5, 5.41) is 3.34. The average molecular weight is 259 g/mol. The van der Waals surface area contributed by atoms with Crippen LogP contribution in [0.15, 0.2) is 36.8 Å². The molecule has 4 heteroatoms. The molecule has 4 nitrogen and oxygen atoms in total. The van der Waals surface area contributed by atoms with Gasteiger partial charge in [0.1, 0.15) is 0 Å². The molecule has 1 aromatic heterocycles. The van der Waals surface area contributed by atoms with E-state index in [0.29, 0.717) is 0 Å². The highest BCUT2D eigenvalue weighted by Gasteiger charge is 2.02. The third-order valence-electron chi connectivity index (χ3n) is 3.02. The maximum Gasteiger partial charge on any atom is 0.0951 e. The third kappa shape index (κ3) is 4.19. The molecule has 102 valence electrons. The number of nitrogens with one attached hydrogen (secondary N) is 1. The van der Waals surface area contributed by atoms with Crippen molar-refractivity contribution >= 4 is 0 Å². The Morgan fingerprint density at radius 2 is 2.26 bits per heavy atom. The third-order valence-corrected chi connectivity index (χ3v) is 3.02. The summed E-state index contributed by atoms with van der Waals surface area (Å²) in [7, 11) is 1.71. The first-order valence-electron chi connectivity index (χ1n) is 6.54. The molecule has 0 unspecified atom stereocenters. The standard InChI is InChI=1S/C15H21N3O/c1-13-4-3-5-14(8-13)11-18-12-17-10-15(18)9-16-6-7-19-2/h3-5,8,10,12,16H,6-7,9,11H2,1-2H3. The quantitative estimate of drug-likeness (QED) is 0.773. The molecule has 0 amide bonds. The SMILES string of the molecule is COCCNCc1cncn1Cc1cccc(C)c1. The number of methoxy groups -OCH3 is 1. The molecule has 0 saturated heterocycles. The Morgan fingerprint density at radius 1 is 1.37 bits per heavy atom. The van der Waals surface area contributed by atoms with Crippen LogP contribution in [0.4, 0.5) is 0 Å². The Kier molecular flexibility index (Phi) is 5.12. The lowest BCUT2D eigenvalue weighted by molar-refractivity contribution is 0.199. The number of hydrogen-bond donors (Lipinski definition) is 1. The van der Waals surface area contributed by atoms with Crippen LogP contribution in [0.1, 0.15) is 16.8 Å². The number of aromatic nitrogens is 2. The summed E-state index contributed by atoms with van der Waals surface area (Å²) in [4.78, 5) is 4.23. The van der Waals surface area contributed by atoms with Crippen LogP contribution >= 0.6 is 0 Å². The van der Waals surface area contributed by atoms with Crippen molar-refractivity contribution < 1.29 is 4.74 Å². The molecule has 0 fully saturated rings. The predicted octanol–water partition coefficient (Wildman–Crippen LogP) is 1.98. The second kappa shape index (κ2) is 7.07. The first-order valence-corrected chi connectivity index (χ1v) is 6.54. The maximum absolute atomic E-state index is 5.02. The zero-order valence-corrected chi connectivity index (χ0v) is 11.6. The van der Waals surface area contributed by atoms with E-state index in [4.69, 9.17) is 4.74 Å². The lowest BCUT2D eigenvalue weighted by Gasteiger charge is -2.09. The lowest BCUT2D eigenvalue weighted by Crippen LogP contribution is -2.20. The summed E-state index contributed by atoms with van der Waals surface area (Å²) >= 11 is 0. The Balaban J connectivity index is 1.95. The van der Waals surface area contributed by atoms with Gasteiger partial charge in [0, 0.05) is 32.9 Å². The molecule has 19 heavy (non-hydrogen) atoms. The van der Waals surface area contributed by atoms with Crippen LogP contribution in [-0.2, 0) is 17.8 Å². The van der Waals surface area contributed by atoms with Crippen LogP contribution in [0.2, 0.25) is 0 Å². The number of ether oxygens (including phenoxy) is 1. The topological polar surface area (TPSA) is 39.1 Å². The first kappa shape index (κ1) is 13.8. The molecular formula is C15H21N3O. The number of rotatable bonds is 7. The number of benzene rings is 1. The van der Waals surface area contributed by atoms with Crippen LogP contribution < -0.4 is 5.32 Å². The highest BCUT2D eigenvalue weighted by Crippen LogP contribution is 2.08. The van der Waals surface area contributed by atoms with E-state index in [2.05, 4.69) is 46.1 Å². The van der Waals surface area contributed by atoms with Crippen molar-refractivity contribution in [1.82, 2.24) is 14.9 Å². The van der Waals surface area contributed by atoms with E-state index in [1.54, 1.807) is 7.11 Å². The Labute approximate surface area is 114 Å². The number of hydrogen-bond acceptors (Lipinski definition) is 3. The van der Waals surface area contributed by atoms with Gasteiger partial charge in [-0.3, -0.25) is 0 Å². The number of nitrogens with zero attached hydrogens (tertiary/aromatic N) is 2. The van der Waals surface area contributed by atoms with Gasteiger partial charge in [-0.15, -0.1) is 0 Å². The molecule has 0 aliphatic carbocycles. The van der Waals surface area contributed by atoms with Crippen molar-refractivity contribution in [3.8, 4) is 0 Å². The molecule has 0 aliphatic rings. The molecule has 2 aromatic rings. The van der Waals surface area contributed by atoms with E-state index in [-0.39, 0.29) is 0 Å². The van der Waals surface area contributed by atoms with Crippen molar-refractivity contribution in [3.05, 3.63) is 53.6 Å². The Hall–Kier alpha value is -1.65. The molecule has 0 bridgehead atoms. The molecule has 1 heterocycles. The fraction of sp³-hybridized carbons (Fsp3) is 0.400. The van der Waals surface area contributed by atoms with Gasteiger partial charge in [-0.25, -0.2) is 4.98 Å². The van der Waals surface area contributed by atoms with Crippen LogP contribution in [0.5, 0.6) is 0 Å². The van der Waals surface area contributed by atoms with Crippen molar-refractivity contribution in [1.29, 1.82) is 0 Å². The fourth-order valence-corrected chi connectivity index (χ4v) is 2.04. The highest BCUT2D eigenvalue weighted by atomic mass is 16.5. The minimum atomic E-state index is 0.728. The van der Waals surface area contributed by atoms with Crippen LogP contribution in [-0.4, -0.2) is 29.8 Å². The largest absolute Gasteiger partial charge is 0.383 e. The van der Waals surface area contributed by atoms with Crippen LogP contribution in [0, 0.1) is 6.92 Å². The second-order valence-electron chi connectivity index (χ2n) is 4.67. The van der Waals surface area contributed by atoms with Gasteiger partial charge in [0.2, 0.25) is 0 Å². The molecule has 1 aromatic carbocycles. The van der Waals surface area contributed by atoms with Gasteiger partial charge in [0.25, 0.3) is 0 Å². The number of aryl methyl sites for hydroxylation is 1. The molecule has 0 aliphatic heterocycles. The van der Waals surface area contributed by atoms with Gasteiger partial charge in [-0.05, 0) is 12.5 Å². The Morgan fingerprint density at radius 3 is 3.05 bits per heavy atom. The van der Waals surface area contributed by atoms with Gasteiger partial charge in [0.05, 0.1) is 18.6 Å². The van der Waals surface area contributed by atoms with Crippen molar-refractivity contribution in [2.45, 2.75) is 20.0 Å².